The van der Waals surface area contributed by atoms with Crippen molar-refractivity contribution in [3.8, 4) is 0 Å². The van der Waals surface area contributed by atoms with E-state index >= 15 is 0 Å². The predicted octanol–water partition coefficient (Wildman–Crippen LogP) is -2.76. The molecule has 1 aliphatic rings. The standard InChI is InChI=1S/C13H26N2O6/c14-4-2-1-3-7(15)8(17)5-9-11(18)13(20)12(19)10(6-16)21-9/h7,9-13,16,18-20H,1-6,14-15H2/t7-,9-,10+,11-,12+,13+/m0/s1. The number of aliphatic hydroxyl groups is 4. The molecule has 1 rings (SSSR count). The fraction of sp³-hybridized carbons (Fsp3) is 0.923. The first-order chi connectivity index (χ1) is 9.92. The van der Waals surface area contributed by atoms with Crippen LogP contribution in [0.4, 0.5) is 0 Å². The lowest BCUT2D eigenvalue weighted by Crippen LogP contribution is -2.59. The summed E-state index contributed by atoms with van der Waals surface area (Å²) in [6, 6.07) is -0.677. The van der Waals surface area contributed by atoms with Gasteiger partial charge in [-0.25, -0.2) is 0 Å². The van der Waals surface area contributed by atoms with Crippen LogP contribution in [0.2, 0.25) is 0 Å². The summed E-state index contributed by atoms with van der Waals surface area (Å²) in [6.07, 6.45) is -4.46. The van der Waals surface area contributed by atoms with Gasteiger partial charge in [0.1, 0.15) is 24.4 Å². The molecule has 21 heavy (non-hydrogen) atoms. The molecular weight excluding hydrogens is 280 g/mol. The maximum absolute atomic E-state index is 12.0. The van der Waals surface area contributed by atoms with Crippen LogP contribution in [-0.4, -0.2) is 75.9 Å². The molecule has 0 aromatic rings. The van der Waals surface area contributed by atoms with Crippen LogP contribution in [0.3, 0.4) is 0 Å². The number of ketones is 1. The summed E-state index contributed by atoms with van der Waals surface area (Å²) in [5.74, 6) is -0.295. The average Bonchev–Trinajstić information content (AvgIpc) is 2.47. The first-order valence-corrected chi connectivity index (χ1v) is 7.21. The fourth-order valence-corrected chi connectivity index (χ4v) is 2.37. The molecule has 8 N–H and O–H groups in total. The number of nitrogens with two attached hydrogens (primary N) is 2. The van der Waals surface area contributed by atoms with Gasteiger partial charge in [-0.3, -0.25) is 4.79 Å². The van der Waals surface area contributed by atoms with Gasteiger partial charge in [0.05, 0.1) is 18.8 Å². The fourth-order valence-electron chi connectivity index (χ4n) is 2.37. The van der Waals surface area contributed by atoms with Gasteiger partial charge in [0, 0.05) is 6.42 Å². The lowest BCUT2D eigenvalue weighted by molar-refractivity contribution is -0.229. The van der Waals surface area contributed by atoms with Crippen molar-refractivity contribution in [1.29, 1.82) is 0 Å². The molecular formula is C13H26N2O6. The number of hydrogen-bond acceptors (Lipinski definition) is 8. The molecule has 1 heterocycles. The molecule has 0 aromatic carbocycles. The molecule has 0 unspecified atom stereocenters. The summed E-state index contributed by atoms with van der Waals surface area (Å²) >= 11 is 0. The number of ether oxygens (including phenoxy) is 1. The van der Waals surface area contributed by atoms with Crippen LogP contribution in [0.15, 0.2) is 0 Å². The van der Waals surface area contributed by atoms with Crippen molar-refractivity contribution in [2.45, 2.75) is 62.2 Å². The van der Waals surface area contributed by atoms with Crippen molar-refractivity contribution in [3.63, 3.8) is 0 Å². The third-order valence-electron chi connectivity index (χ3n) is 3.78. The zero-order valence-corrected chi connectivity index (χ0v) is 12.0. The van der Waals surface area contributed by atoms with Gasteiger partial charge < -0.3 is 36.6 Å². The molecule has 0 aromatic heterocycles. The van der Waals surface area contributed by atoms with Crippen molar-refractivity contribution in [1.82, 2.24) is 0 Å². The van der Waals surface area contributed by atoms with E-state index in [9.17, 15) is 20.1 Å². The Bertz CT molecular complexity index is 328. The maximum atomic E-state index is 12.0. The van der Waals surface area contributed by atoms with Gasteiger partial charge in [0.15, 0.2) is 5.78 Å². The van der Waals surface area contributed by atoms with E-state index in [4.69, 9.17) is 21.3 Å². The lowest BCUT2D eigenvalue weighted by atomic mass is 9.91. The maximum Gasteiger partial charge on any atom is 0.152 e. The van der Waals surface area contributed by atoms with Gasteiger partial charge in [0.25, 0.3) is 0 Å². The van der Waals surface area contributed by atoms with E-state index in [1.165, 1.54) is 0 Å². The number of carbonyl (C=O) groups is 1. The quantitative estimate of drug-likeness (QED) is 0.263. The summed E-state index contributed by atoms with van der Waals surface area (Å²) in [4.78, 5) is 12.0. The zero-order valence-electron chi connectivity index (χ0n) is 12.0. The Morgan fingerprint density at radius 1 is 1.10 bits per heavy atom. The molecule has 1 saturated heterocycles. The topological polar surface area (TPSA) is 159 Å². The third kappa shape index (κ3) is 4.96. The van der Waals surface area contributed by atoms with E-state index in [-0.39, 0.29) is 12.2 Å². The van der Waals surface area contributed by atoms with Crippen LogP contribution in [0.5, 0.6) is 0 Å². The van der Waals surface area contributed by atoms with Crippen LogP contribution < -0.4 is 11.5 Å². The minimum atomic E-state index is -1.47. The van der Waals surface area contributed by atoms with Gasteiger partial charge in [-0.1, -0.05) is 6.42 Å². The molecule has 8 nitrogen and oxygen atoms in total. The molecule has 1 fully saturated rings. The number of Topliss-reactive ketones (excluding diaryl/α,β-unsaturated/α-hetero) is 1. The van der Waals surface area contributed by atoms with Crippen molar-refractivity contribution in [3.05, 3.63) is 0 Å². The molecule has 1 aliphatic heterocycles. The second-order valence-electron chi connectivity index (χ2n) is 5.43. The Morgan fingerprint density at radius 2 is 1.71 bits per heavy atom. The minimum absolute atomic E-state index is 0.175. The normalized spacial score (nSPS) is 34.7. The van der Waals surface area contributed by atoms with Gasteiger partial charge >= 0.3 is 0 Å². The van der Waals surface area contributed by atoms with Crippen molar-refractivity contribution >= 4 is 5.78 Å². The molecule has 0 spiro atoms. The third-order valence-corrected chi connectivity index (χ3v) is 3.78. The van der Waals surface area contributed by atoms with E-state index < -0.39 is 43.2 Å². The summed E-state index contributed by atoms with van der Waals surface area (Å²) in [5.41, 5.74) is 11.1. The smallest absolute Gasteiger partial charge is 0.152 e. The van der Waals surface area contributed by atoms with E-state index in [1.807, 2.05) is 0 Å². The van der Waals surface area contributed by atoms with E-state index in [0.717, 1.165) is 12.8 Å². The van der Waals surface area contributed by atoms with E-state index in [2.05, 4.69) is 0 Å². The van der Waals surface area contributed by atoms with Crippen LogP contribution in [0.25, 0.3) is 0 Å². The zero-order chi connectivity index (χ0) is 16.0. The molecule has 0 radical (unpaired) electrons. The van der Waals surface area contributed by atoms with Crippen LogP contribution in [0.1, 0.15) is 25.7 Å². The average molecular weight is 306 g/mol. The number of unbranched alkanes of at least 4 members (excludes halogenated alkanes) is 1. The second kappa shape index (κ2) is 8.74. The number of aliphatic hydroxyl groups excluding tert-OH is 4. The summed E-state index contributed by atoms with van der Waals surface area (Å²) in [6.45, 7) is 0.0197. The van der Waals surface area contributed by atoms with Crippen molar-refractivity contribution in [2.75, 3.05) is 13.2 Å². The SMILES string of the molecule is NCCCC[C@H](N)C(=O)C[C@@H]1O[C@H](CO)[C@@H](O)[C@H](O)[C@H]1O. The lowest BCUT2D eigenvalue weighted by Gasteiger charge is -2.40. The number of carbonyl (C=O) groups excluding carboxylic acids is 1. The molecule has 6 atom stereocenters. The Balaban J connectivity index is 2.53. The summed E-state index contributed by atoms with van der Waals surface area (Å²) in [5, 5.41) is 38.2. The Kier molecular flexibility index (Phi) is 7.67. The first kappa shape index (κ1) is 18.4. The van der Waals surface area contributed by atoms with Crippen molar-refractivity contribution in [2.24, 2.45) is 11.5 Å². The Labute approximate surface area is 123 Å². The summed E-state index contributed by atoms with van der Waals surface area (Å²) < 4.78 is 5.27. The summed E-state index contributed by atoms with van der Waals surface area (Å²) in [7, 11) is 0. The highest BCUT2D eigenvalue weighted by atomic mass is 16.5. The van der Waals surface area contributed by atoms with Gasteiger partial charge in [-0.2, -0.15) is 0 Å². The highest BCUT2D eigenvalue weighted by Gasteiger charge is 2.44. The molecule has 8 heteroatoms. The molecule has 0 bridgehead atoms. The van der Waals surface area contributed by atoms with Crippen LogP contribution >= 0.6 is 0 Å². The largest absolute Gasteiger partial charge is 0.394 e. The van der Waals surface area contributed by atoms with Crippen molar-refractivity contribution < 1.29 is 30.0 Å². The number of rotatable bonds is 8. The molecule has 0 saturated carbocycles. The van der Waals surface area contributed by atoms with Gasteiger partial charge in [-0.05, 0) is 19.4 Å². The van der Waals surface area contributed by atoms with Crippen LogP contribution in [0, 0.1) is 0 Å². The van der Waals surface area contributed by atoms with Crippen LogP contribution in [-0.2, 0) is 9.53 Å². The van der Waals surface area contributed by atoms with E-state index in [1.54, 1.807) is 0 Å². The minimum Gasteiger partial charge on any atom is -0.394 e. The first-order valence-electron chi connectivity index (χ1n) is 7.21. The van der Waals surface area contributed by atoms with E-state index in [0.29, 0.717) is 13.0 Å². The molecule has 0 aliphatic carbocycles. The monoisotopic (exact) mass is 306 g/mol. The van der Waals surface area contributed by atoms with Gasteiger partial charge in [-0.15, -0.1) is 0 Å². The molecule has 124 valence electrons. The predicted molar refractivity (Wildman–Crippen MR) is 74.3 cm³/mol. The highest BCUT2D eigenvalue weighted by molar-refractivity contribution is 5.84. The second-order valence-corrected chi connectivity index (χ2v) is 5.43. The Hall–Kier alpha value is -0.610. The molecule has 0 amide bonds. The highest BCUT2D eigenvalue weighted by Crippen LogP contribution is 2.23. The van der Waals surface area contributed by atoms with Gasteiger partial charge in [0.2, 0.25) is 0 Å². The number of hydrogen-bond donors (Lipinski definition) is 6. The Morgan fingerprint density at radius 3 is 2.29 bits per heavy atom.